The molecule has 1 rings (SSSR count). The lowest BCUT2D eigenvalue weighted by Crippen LogP contribution is -2.54. The fraction of sp³-hybridized carbons (Fsp3) is 0.778. The van der Waals surface area contributed by atoms with Crippen LogP contribution in [0.2, 0.25) is 0 Å². The maximum atomic E-state index is 6.02. The number of likely N-dealkylation sites (N-methyl/N-ethyl adjacent to an activating group) is 1. The molecule has 2 nitrogen and oxygen atoms in total. The third kappa shape index (κ3) is 2.21. The number of hydrogen-bond acceptors (Lipinski definition) is 2. The van der Waals surface area contributed by atoms with Crippen LogP contribution in [0.5, 0.6) is 0 Å². The van der Waals surface area contributed by atoms with Gasteiger partial charge in [-0.3, -0.25) is 4.90 Å². The van der Waals surface area contributed by atoms with Crippen LogP contribution in [-0.4, -0.2) is 30.6 Å². The first-order valence-electron chi connectivity index (χ1n) is 4.07. The largest absolute Gasteiger partial charge is 0.324 e. The predicted molar refractivity (Wildman–Crippen MR) is 47.1 cm³/mol. The summed E-state index contributed by atoms with van der Waals surface area (Å²) in [5.74, 6) is 2.61. The van der Waals surface area contributed by atoms with Gasteiger partial charge in [-0.1, -0.05) is 5.92 Å². The zero-order valence-electron chi connectivity index (χ0n) is 7.14. The summed E-state index contributed by atoms with van der Waals surface area (Å²) in [6.45, 7) is 1.65. The van der Waals surface area contributed by atoms with Crippen molar-refractivity contribution in [3.05, 3.63) is 0 Å². The summed E-state index contributed by atoms with van der Waals surface area (Å²) < 4.78 is 0. The number of rotatable bonds is 3. The van der Waals surface area contributed by atoms with E-state index in [2.05, 4.69) is 10.8 Å². The number of terminal acetylenes is 1. The van der Waals surface area contributed by atoms with E-state index in [1.54, 1.807) is 0 Å². The zero-order valence-corrected chi connectivity index (χ0v) is 7.14. The average molecular weight is 152 g/mol. The Kier molecular flexibility index (Phi) is 2.53. The monoisotopic (exact) mass is 152 g/mol. The Labute approximate surface area is 68.8 Å². The number of hydrogen-bond donors (Lipinski definition) is 1. The van der Waals surface area contributed by atoms with Crippen molar-refractivity contribution in [1.82, 2.24) is 4.90 Å². The first-order chi connectivity index (χ1) is 5.16. The summed E-state index contributed by atoms with van der Waals surface area (Å²) in [5, 5.41) is 0. The van der Waals surface area contributed by atoms with Gasteiger partial charge >= 0.3 is 0 Å². The number of nitrogens with two attached hydrogens (primary N) is 1. The highest BCUT2D eigenvalue weighted by Crippen LogP contribution is 2.29. The van der Waals surface area contributed by atoms with Crippen LogP contribution in [0.3, 0.4) is 0 Å². The van der Waals surface area contributed by atoms with Gasteiger partial charge in [-0.15, -0.1) is 6.42 Å². The first-order valence-corrected chi connectivity index (χ1v) is 4.07. The summed E-state index contributed by atoms with van der Waals surface area (Å²) in [6.07, 6.45) is 8.76. The van der Waals surface area contributed by atoms with Gasteiger partial charge in [0, 0.05) is 12.1 Å². The van der Waals surface area contributed by atoms with E-state index in [9.17, 15) is 0 Å². The van der Waals surface area contributed by atoms with E-state index >= 15 is 0 Å². The second-order valence-corrected chi connectivity index (χ2v) is 3.59. The van der Waals surface area contributed by atoms with E-state index < -0.39 is 0 Å². The molecule has 0 saturated heterocycles. The predicted octanol–water partition coefficient (Wildman–Crippen LogP) is 0.433. The molecular formula is C9H16N2. The van der Waals surface area contributed by atoms with E-state index in [0.29, 0.717) is 6.54 Å². The van der Waals surface area contributed by atoms with Crippen molar-refractivity contribution in [1.29, 1.82) is 0 Å². The average Bonchev–Trinajstić information content (AvgIpc) is 1.85. The Balaban J connectivity index is 2.24. The molecule has 1 aliphatic rings. The van der Waals surface area contributed by atoms with Gasteiger partial charge in [0.25, 0.3) is 0 Å². The molecule has 0 radical (unpaired) electrons. The van der Waals surface area contributed by atoms with Crippen LogP contribution in [-0.2, 0) is 0 Å². The molecule has 62 valence electrons. The molecule has 2 N–H and O–H groups in total. The van der Waals surface area contributed by atoms with Crippen LogP contribution in [0.1, 0.15) is 19.3 Å². The Hall–Kier alpha value is -0.520. The molecule has 0 amide bonds. The molecular weight excluding hydrogens is 136 g/mol. The van der Waals surface area contributed by atoms with Crippen molar-refractivity contribution in [3.63, 3.8) is 0 Å². The van der Waals surface area contributed by atoms with Crippen molar-refractivity contribution < 1.29 is 0 Å². The van der Waals surface area contributed by atoms with Crippen molar-refractivity contribution in [3.8, 4) is 12.3 Å². The van der Waals surface area contributed by atoms with Crippen LogP contribution >= 0.6 is 0 Å². The minimum atomic E-state index is 0.0750. The molecule has 0 aromatic rings. The van der Waals surface area contributed by atoms with E-state index in [0.717, 1.165) is 19.4 Å². The number of nitrogens with zero attached hydrogens (tertiary/aromatic N) is 1. The van der Waals surface area contributed by atoms with E-state index in [1.807, 2.05) is 7.05 Å². The van der Waals surface area contributed by atoms with Crippen molar-refractivity contribution >= 4 is 0 Å². The lowest BCUT2D eigenvalue weighted by molar-refractivity contribution is 0.175. The van der Waals surface area contributed by atoms with Gasteiger partial charge in [0.1, 0.15) is 0 Å². The van der Waals surface area contributed by atoms with Gasteiger partial charge in [-0.05, 0) is 26.3 Å². The zero-order chi connectivity index (χ0) is 8.32. The molecule has 2 heteroatoms. The summed E-state index contributed by atoms with van der Waals surface area (Å²) >= 11 is 0. The Morgan fingerprint density at radius 2 is 2.27 bits per heavy atom. The van der Waals surface area contributed by atoms with E-state index in [1.165, 1.54) is 6.42 Å². The highest BCUT2D eigenvalue weighted by Gasteiger charge is 2.33. The third-order valence-corrected chi connectivity index (χ3v) is 2.30. The summed E-state index contributed by atoms with van der Waals surface area (Å²) in [5.41, 5.74) is 6.10. The second kappa shape index (κ2) is 3.25. The molecule has 0 aliphatic heterocycles. The second-order valence-electron chi connectivity index (χ2n) is 3.59. The summed E-state index contributed by atoms with van der Waals surface area (Å²) in [6, 6.07) is 0. The fourth-order valence-electron chi connectivity index (χ4n) is 1.54. The topological polar surface area (TPSA) is 29.3 Å². The molecule has 0 atom stereocenters. The molecule has 0 bridgehead atoms. The van der Waals surface area contributed by atoms with Gasteiger partial charge in [-0.2, -0.15) is 0 Å². The normalized spacial score (nSPS) is 20.9. The molecule has 1 saturated carbocycles. The Bertz CT molecular complexity index is 165. The third-order valence-electron chi connectivity index (χ3n) is 2.30. The lowest BCUT2D eigenvalue weighted by Gasteiger charge is -2.40. The van der Waals surface area contributed by atoms with Crippen LogP contribution in [0.4, 0.5) is 0 Å². The van der Waals surface area contributed by atoms with Gasteiger partial charge in [0.2, 0.25) is 0 Å². The maximum Gasteiger partial charge on any atom is 0.0597 e. The Morgan fingerprint density at radius 3 is 2.64 bits per heavy atom. The standard InChI is InChI=1S/C9H16N2/c1-3-7-11(2)8-9(10)5-4-6-9/h1H,4-8,10H2,2H3. The quantitative estimate of drug-likeness (QED) is 0.594. The molecule has 0 unspecified atom stereocenters. The highest BCUT2D eigenvalue weighted by molar-refractivity contribution is 4.97. The van der Waals surface area contributed by atoms with E-state index in [-0.39, 0.29) is 5.54 Å². The molecule has 0 aromatic carbocycles. The smallest absolute Gasteiger partial charge is 0.0597 e. The van der Waals surface area contributed by atoms with Gasteiger partial charge in [-0.25, -0.2) is 0 Å². The SMILES string of the molecule is C#CCN(C)CC1(N)CCC1. The van der Waals surface area contributed by atoms with Gasteiger partial charge < -0.3 is 5.73 Å². The maximum absolute atomic E-state index is 6.02. The van der Waals surface area contributed by atoms with Crippen molar-refractivity contribution in [2.24, 2.45) is 5.73 Å². The van der Waals surface area contributed by atoms with Crippen molar-refractivity contribution in [2.45, 2.75) is 24.8 Å². The van der Waals surface area contributed by atoms with Crippen LogP contribution in [0.15, 0.2) is 0 Å². The minimum absolute atomic E-state index is 0.0750. The lowest BCUT2D eigenvalue weighted by atomic mass is 9.77. The van der Waals surface area contributed by atoms with Crippen LogP contribution < -0.4 is 5.73 Å². The van der Waals surface area contributed by atoms with Gasteiger partial charge in [0.05, 0.1) is 6.54 Å². The van der Waals surface area contributed by atoms with Crippen LogP contribution in [0.25, 0.3) is 0 Å². The first kappa shape index (κ1) is 8.58. The fourth-order valence-corrected chi connectivity index (χ4v) is 1.54. The van der Waals surface area contributed by atoms with Gasteiger partial charge in [0.15, 0.2) is 0 Å². The van der Waals surface area contributed by atoms with Crippen molar-refractivity contribution in [2.75, 3.05) is 20.1 Å². The summed E-state index contributed by atoms with van der Waals surface area (Å²) in [4.78, 5) is 2.11. The Morgan fingerprint density at radius 1 is 1.64 bits per heavy atom. The molecule has 0 heterocycles. The molecule has 11 heavy (non-hydrogen) atoms. The minimum Gasteiger partial charge on any atom is -0.324 e. The van der Waals surface area contributed by atoms with E-state index in [4.69, 9.17) is 12.2 Å². The molecule has 0 aromatic heterocycles. The summed E-state index contributed by atoms with van der Waals surface area (Å²) in [7, 11) is 2.02. The van der Waals surface area contributed by atoms with Crippen LogP contribution in [0, 0.1) is 12.3 Å². The molecule has 0 spiro atoms. The molecule has 1 fully saturated rings. The molecule has 1 aliphatic carbocycles. The highest BCUT2D eigenvalue weighted by atomic mass is 15.1.